The van der Waals surface area contributed by atoms with E-state index in [4.69, 9.17) is 11.6 Å². The maximum Gasteiger partial charge on any atom is 0.199 e. The largest absolute Gasteiger partial charge is 0.288 e. The second-order valence-electron chi connectivity index (χ2n) is 4.01. The van der Waals surface area contributed by atoms with Crippen molar-refractivity contribution in [3.8, 4) is 0 Å². The Balaban J connectivity index is 2.59. The van der Waals surface area contributed by atoms with Gasteiger partial charge in [0.05, 0.1) is 10.0 Å². The van der Waals surface area contributed by atoms with Crippen molar-refractivity contribution in [3.63, 3.8) is 0 Å². The quantitative estimate of drug-likeness (QED) is 0.558. The minimum absolute atomic E-state index is 0.0452. The number of halogens is 4. The van der Waals surface area contributed by atoms with Crippen LogP contribution in [0.5, 0.6) is 0 Å². The van der Waals surface area contributed by atoms with Gasteiger partial charge in [-0.05, 0) is 58.7 Å². The van der Waals surface area contributed by atoms with Crippen molar-refractivity contribution in [1.29, 1.82) is 0 Å². The smallest absolute Gasteiger partial charge is 0.199 e. The lowest BCUT2D eigenvalue weighted by Crippen LogP contribution is -2.09. The van der Waals surface area contributed by atoms with Crippen LogP contribution in [0.4, 0.5) is 8.78 Å². The molecule has 0 aliphatic carbocycles. The van der Waals surface area contributed by atoms with Gasteiger partial charge in [-0.1, -0.05) is 11.6 Å². The lowest BCUT2D eigenvalue weighted by atomic mass is 9.98. The molecule has 2 aromatic rings. The molecule has 0 amide bonds. The molecule has 0 saturated heterocycles. The monoisotopic (exact) mass is 344 g/mol. The van der Waals surface area contributed by atoms with Gasteiger partial charge in [0.25, 0.3) is 0 Å². The summed E-state index contributed by atoms with van der Waals surface area (Å²) in [5, 5.41) is 0.462. The van der Waals surface area contributed by atoms with Gasteiger partial charge in [-0.15, -0.1) is 0 Å². The number of ketones is 1. The second-order valence-corrected chi connectivity index (χ2v) is 5.30. The Hall–Kier alpha value is -1.26. The molecule has 0 saturated carbocycles. The molecule has 19 heavy (non-hydrogen) atoms. The molecule has 5 heteroatoms. The summed E-state index contributed by atoms with van der Waals surface area (Å²) in [5.41, 5.74) is 0.219. The molecule has 0 heterocycles. The average Bonchev–Trinajstić information content (AvgIpc) is 2.34. The zero-order valence-electron chi connectivity index (χ0n) is 9.81. The first-order valence-corrected chi connectivity index (χ1v) is 6.53. The van der Waals surface area contributed by atoms with Gasteiger partial charge in [0.1, 0.15) is 5.82 Å². The number of benzene rings is 2. The van der Waals surface area contributed by atoms with E-state index >= 15 is 0 Å². The van der Waals surface area contributed by atoms with Crippen LogP contribution in [0.1, 0.15) is 21.5 Å². The lowest BCUT2D eigenvalue weighted by molar-refractivity contribution is 0.103. The van der Waals surface area contributed by atoms with E-state index in [1.807, 2.05) is 0 Å². The number of carbonyl (C=O) groups is 1. The molecule has 0 aromatic heterocycles. The van der Waals surface area contributed by atoms with Crippen LogP contribution in [0.25, 0.3) is 0 Å². The molecule has 1 nitrogen and oxygen atoms in total. The third kappa shape index (κ3) is 2.69. The topological polar surface area (TPSA) is 17.1 Å². The van der Waals surface area contributed by atoms with Crippen molar-refractivity contribution >= 4 is 33.3 Å². The van der Waals surface area contributed by atoms with Gasteiger partial charge in [0.2, 0.25) is 0 Å². The van der Waals surface area contributed by atoms with Crippen molar-refractivity contribution in [1.82, 2.24) is 0 Å². The van der Waals surface area contributed by atoms with Gasteiger partial charge in [-0.2, -0.15) is 0 Å². The molecule has 0 unspecified atom stereocenters. The molecule has 0 aliphatic rings. The van der Waals surface area contributed by atoms with Crippen molar-refractivity contribution < 1.29 is 13.6 Å². The van der Waals surface area contributed by atoms with E-state index in [2.05, 4.69) is 15.9 Å². The standard InChI is InChI=1S/C14H8BrClF2O/c1-7-6-8(16)2-3-9(7)14(19)12-11(17)5-4-10(15)13(12)18/h2-6H,1H3. The average molecular weight is 346 g/mol. The Morgan fingerprint density at radius 3 is 2.53 bits per heavy atom. The Morgan fingerprint density at radius 1 is 1.21 bits per heavy atom. The maximum absolute atomic E-state index is 13.9. The van der Waals surface area contributed by atoms with Crippen LogP contribution in [0.3, 0.4) is 0 Å². The van der Waals surface area contributed by atoms with Crippen LogP contribution in [-0.4, -0.2) is 5.78 Å². The minimum Gasteiger partial charge on any atom is -0.288 e. The third-order valence-electron chi connectivity index (χ3n) is 2.70. The SMILES string of the molecule is Cc1cc(Cl)ccc1C(=O)c1c(F)ccc(Br)c1F. The van der Waals surface area contributed by atoms with E-state index in [1.54, 1.807) is 13.0 Å². The molecule has 0 N–H and O–H groups in total. The molecule has 98 valence electrons. The van der Waals surface area contributed by atoms with Crippen molar-refractivity contribution in [3.05, 3.63) is 68.2 Å². The minimum atomic E-state index is -0.903. The number of hydrogen-bond donors (Lipinski definition) is 0. The lowest BCUT2D eigenvalue weighted by Gasteiger charge is -2.08. The van der Waals surface area contributed by atoms with Crippen LogP contribution < -0.4 is 0 Å². The van der Waals surface area contributed by atoms with E-state index in [0.29, 0.717) is 10.6 Å². The highest BCUT2D eigenvalue weighted by Gasteiger charge is 2.22. The van der Waals surface area contributed by atoms with Gasteiger partial charge in [-0.3, -0.25) is 4.79 Å². The highest BCUT2D eigenvalue weighted by Crippen LogP contribution is 2.26. The third-order valence-corrected chi connectivity index (χ3v) is 3.55. The summed E-state index contributed by atoms with van der Waals surface area (Å²) in [5.74, 6) is -2.50. The Kier molecular flexibility index (Phi) is 4.02. The summed E-state index contributed by atoms with van der Waals surface area (Å²) < 4.78 is 27.6. The van der Waals surface area contributed by atoms with E-state index < -0.39 is 23.0 Å². The van der Waals surface area contributed by atoms with Crippen LogP contribution in [0.15, 0.2) is 34.8 Å². The summed E-state index contributed by atoms with van der Waals surface area (Å²) in [6.45, 7) is 1.66. The van der Waals surface area contributed by atoms with Crippen molar-refractivity contribution in [2.24, 2.45) is 0 Å². The summed E-state index contributed by atoms with van der Waals surface area (Å²) in [6, 6.07) is 6.81. The summed E-state index contributed by atoms with van der Waals surface area (Å²) in [7, 11) is 0. The molecular weight excluding hydrogens is 338 g/mol. The van der Waals surface area contributed by atoms with E-state index in [1.165, 1.54) is 18.2 Å². The highest BCUT2D eigenvalue weighted by atomic mass is 79.9. The zero-order valence-corrected chi connectivity index (χ0v) is 12.1. The molecule has 0 spiro atoms. The van der Waals surface area contributed by atoms with Gasteiger partial charge >= 0.3 is 0 Å². The van der Waals surface area contributed by atoms with Gasteiger partial charge in [0, 0.05) is 10.6 Å². The first-order valence-electron chi connectivity index (χ1n) is 5.36. The first-order chi connectivity index (χ1) is 8.91. The summed E-state index contributed by atoms with van der Waals surface area (Å²) >= 11 is 8.72. The normalized spacial score (nSPS) is 10.6. The summed E-state index contributed by atoms with van der Waals surface area (Å²) in [4.78, 5) is 12.2. The van der Waals surface area contributed by atoms with E-state index in [9.17, 15) is 13.6 Å². The zero-order chi connectivity index (χ0) is 14.2. The molecule has 0 fully saturated rings. The number of hydrogen-bond acceptors (Lipinski definition) is 1. The predicted molar refractivity (Wildman–Crippen MR) is 73.7 cm³/mol. The van der Waals surface area contributed by atoms with E-state index in [-0.39, 0.29) is 10.0 Å². The molecule has 0 bridgehead atoms. The van der Waals surface area contributed by atoms with Crippen LogP contribution in [-0.2, 0) is 0 Å². The fraction of sp³-hybridized carbons (Fsp3) is 0.0714. The van der Waals surface area contributed by atoms with E-state index in [0.717, 1.165) is 6.07 Å². The van der Waals surface area contributed by atoms with Crippen LogP contribution in [0.2, 0.25) is 5.02 Å². The number of aryl methyl sites for hydroxylation is 1. The first kappa shape index (κ1) is 14.2. The molecule has 0 atom stereocenters. The van der Waals surface area contributed by atoms with Gasteiger partial charge < -0.3 is 0 Å². The number of carbonyl (C=O) groups excluding carboxylic acids is 1. The molecule has 2 rings (SSSR count). The van der Waals surface area contributed by atoms with Crippen LogP contribution in [0, 0.1) is 18.6 Å². The molecular formula is C14H8BrClF2O. The van der Waals surface area contributed by atoms with Crippen LogP contribution >= 0.6 is 27.5 Å². The fourth-order valence-electron chi connectivity index (χ4n) is 1.75. The maximum atomic E-state index is 13.9. The highest BCUT2D eigenvalue weighted by molar-refractivity contribution is 9.10. The molecule has 0 aliphatic heterocycles. The Labute approximate surface area is 122 Å². The molecule has 2 aromatic carbocycles. The van der Waals surface area contributed by atoms with Gasteiger partial charge in [-0.25, -0.2) is 8.78 Å². The molecule has 0 radical (unpaired) electrons. The fourth-order valence-corrected chi connectivity index (χ4v) is 2.31. The Bertz CT molecular complexity index is 671. The predicted octanol–water partition coefficient (Wildman–Crippen LogP) is 4.92. The number of rotatable bonds is 2. The second kappa shape index (κ2) is 5.39. The van der Waals surface area contributed by atoms with Crippen molar-refractivity contribution in [2.75, 3.05) is 0 Å². The van der Waals surface area contributed by atoms with Gasteiger partial charge in [0.15, 0.2) is 11.6 Å². The van der Waals surface area contributed by atoms with Crippen molar-refractivity contribution in [2.45, 2.75) is 6.92 Å². The Morgan fingerprint density at radius 2 is 1.89 bits per heavy atom. The summed E-state index contributed by atoms with van der Waals surface area (Å²) in [6.07, 6.45) is 0.